The third kappa shape index (κ3) is 3.51. The van der Waals surface area contributed by atoms with Crippen LogP contribution in [0.2, 0.25) is 0 Å². The Kier molecular flexibility index (Phi) is 5.28. The first kappa shape index (κ1) is 14.9. The second-order valence-electron chi connectivity index (χ2n) is 7.06. The van der Waals surface area contributed by atoms with E-state index in [1.165, 1.54) is 45.2 Å². The van der Waals surface area contributed by atoms with Crippen LogP contribution in [-0.4, -0.2) is 24.0 Å². The van der Waals surface area contributed by atoms with E-state index in [0.717, 1.165) is 24.2 Å². The molecule has 4 unspecified atom stereocenters. The van der Waals surface area contributed by atoms with Gasteiger partial charge in [-0.25, -0.2) is 0 Å². The minimum Gasteiger partial charge on any atom is -0.299 e. The Morgan fingerprint density at radius 3 is 2.63 bits per heavy atom. The second-order valence-corrected chi connectivity index (χ2v) is 7.06. The molecule has 0 aromatic heterocycles. The predicted octanol–water partition coefficient (Wildman–Crippen LogP) is 4.07. The Morgan fingerprint density at radius 2 is 2.05 bits per heavy atom. The summed E-state index contributed by atoms with van der Waals surface area (Å²) in [5.41, 5.74) is 0. The van der Waals surface area contributed by atoms with Crippen LogP contribution in [0.4, 0.5) is 0 Å². The van der Waals surface area contributed by atoms with E-state index < -0.39 is 0 Å². The van der Waals surface area contributed by atoms with Gasteiger partial charge in [-0.15, -0.1) is 0 Å². The summed E-state index contributed by atoms with van der Waals surface area (Å²) >= 11 is 0. The number of hydrogen-bond donors (Lipinski definition) is 0. The summed E-state index contributed by atoms with van der Waals surface area (Å²) in [6.45, 7) is 9.44. The van der Waals surface area contributed by atoms with E-state index in [-0.39, 0.29) is 0 Å². The first-order valence-electron chi connectivity index (χ1n) is 8.29. The number of rotatable bonds is 4. The highest BCUT2D eigenvalue weighted by molar-refractivity contribution is 4.99. The Labute approximate surface area is 119 Å². The average molecular weight is 262 g/mol. The monoisotopic (exact) mass is 262 g/mol. The quantitative estimate of drug-likeness (QED) is 0.763. The zero-order valence-corrected chi connectivity index (χ0v) is 12.9. The zero-order chi connectivity index (χ0) is 13.8. The molecular weight excluding hydrogens is 232 g/mol. The molecular formula is C17H30N2. The molecule has 0 aromatic carbocycles. The van der Waals surface area contributed by atoms with Crippen LogP contribution in [0.5, 0.6) is 0 Å². The first-order valence-corrected chi connectivity index (χ1v) is 8.29. The molecule has 2 rings (SSSR count). The van der Waals surface area contributed by atoms with Gasteiger partial charge in [0.25, 0.3) is 0 Å². The minimum atomic E-state index is 0.291. The van der Waals surface area contributed by atoms with Crippen molar-refractivity contribution in [2.45, 2.75) is 65.3 Å². The van der Waals surface area contributed by atoms with Gasteiger partial charge < -0.3 is 0 Å². The Morgan fingerprint density at radius 1 is 1.26 bits per heavy atom. The lowest BCUT2D eigenvalue weighted by Crippen LogP contribution is -2.43. The number of nitrogens with zero attached hydrogens (tertiary/aromatic N) is 2. The maximum atomic E-state index is 9.44. The van der Waals surface area contributed by atoms with Crippen molar-refractivity contribution in [2.75, 3.05) is 13.1 Å². The van der Waals surface area contributed by atoms with Crippen LogP contribution in [0.1, 0.15) is 59.3 Å². The molecule has 2 heteroatoms. The lowest BCUT2D eigenvalue weighted by atomic mass is 9.76. The Balaban J connectivity index is 1.97. The summed E-state index contributed by atoms with van der Waals surface area (Å²) in [5.74, 6) is 2.81. The standard InChI is InChI=1S/C17H30N2/c1-4-5-14-6-7-15(11-18)17(10-14)19-9-8-16(12-19)13(2)3/h13-17H,4-10,12H2,1-3H3. The van der Waals surface area contributed by atoms with E-state index >= 15 is 0 Å². The van der Waals surface area contributed by atoms with Crippen LogP contribution in [0.15, 0.2) is 0 Å². The SMILES string of the molecule is CCCC1CCC(C#N)C(N2CCC(C(C)C)C2)C1. The molecule has 2 nitrogen and oxygen atoms in total. The van der Waals surface area contributed by atoms with Gasteiger partial charge in [-0.1, -0.05) is 33.6 Å². The third-order valence-corrected chi connectivity index (χ3v) is 5.46. The highest BCUT2D eigenvalue weighted by Crippen LogP contribution is 2.37. The molecule has 1 heterocycles. The number of nitriles is 1. The van der Waals surface area contributed by atoms with Crippen LogP contribution < -0.4 is 0 Å². The van der Waals surface area contributed by atoms with Crippen LogP contribution in [-0.2, 0) is 0 Å². The van der Waals surface area contributed by atoms with Crippen molar-refractivity contribution in [3.63, 3.8) is 0 Å². The van der Waals surface area contributed by atoms with Gasteiger partial charge in [0.15, 0.2) is 0 Å². The average Bonchev–Trinajstić information content (AvgIpc) is 2.88. The van der Waals surface area contributed by atoms with Crippen LogP contribution in [0, 0.1) is 35.0 Å². The summed E-state index contributed by atoms with van der Waals surface area (Å²) in [6.07, 6.45) is 7.68. The Hall–Kier alpha value is -0.550. The summed E-state index contributed by atoms with van der Waals surface area (Å²) in [6, 6.07) is 3.15. The van der Waals surface area contributed by atoms with E-state index in [9.17, 15) is 5.26 Å². The molecule has 0 radical (unpaired) electrons. The van der Waals surface area contributed by atoms with Crippen molar-refractivity contribution in [1.82, 2.24) is 4.90 Å². The molecule has 0 amide bonds. The topological polar surface area (TPSA) is 27.0 Å². The second kappa shape index (κ2) is 6.75. The molecule has 108 valence electrons. The highest BCUT2D eigenvalue weighted by Gasteiger charge is 2.37. The van der Waals surface area contributed by atoms with E-state index in [1.807, 2.05) is 0 Å². The third-order valence-electron chi connectivity index (χ3n) is 5.46. The molecule has 19 heavy (non-hydrogen) atoms. The highest BCUT2D eigenvalue weighted by atomic mass is 15.2. The van der Waals surface area contributed by atoms with E-state index in [4.69, 9.17) is 0 Å². The molecule has 1 saturated heterocycles. The smallest absolute Gasteiger partial charge is 0.0672 e. The van der Waals surface area contributed by atoms with Gasteiger partial charge in [-0.2, -0.15) is 5.26 Å². The van der Waals surface area contributed by atoms with Crippen LogP contribution >= 0.6 is 0 Å². The summed E-state index contributed by atoms with van der Waals surface area (Å²) in [5, 5.41) is 9.44. The van der Waals surface area contributed by atoms with Crippen molar-refractivity contribution < 1.29 is 0 Å². The lowest BCUT2D eigenvalue weighted by Gasteiger charge is -2.38. The van der Waals surface area contributed by atoms with Crippen molar-refractivity contribution in [3.8, 4) is 6.07 Å². The van der Waals surface area contributed by atoms with Gasteiger partial charge in [0.1, 0.15) is 0 Å². The van der Waals surface area contributed by atoms with E-state index in [1.54, 1.807) is 0 Å². The number of likely N-dealkylation sites (tertiary alicyclic amines) is 1. The maximum Gasteiger partial charge on any atom is 0.0672 e. The lowest BCUT2D eigenvalue weighted by molar-refractivity contribution is 0.114. The van der Waals surface area contributed by atoms with Crippen LogP contribution in [0.25, 0.3) is 0 Å². The molecule has 0 spiro atoms. The van der Waals surface area contributed by atoms with Crippen molar-refractivity contribution in [3.05, 3.63) is 0 Å². The van der Waals surface area contributed by atoms with Gasteiger partial charge in [-0.05, 0) is 50.0 Å². The molecule has 0 N–H and O–H groups in total. The maximum absolute atomic E-state index is 9.44. The fourth-order valence-electron chi connectivity index (χ4n) is 4.12. The fourth-order valence-corrected chi connectivity index (χ4v) is 4.12. The van der Waals surface area contributed by atoms with E-state index in [0.29, 0.717) is 12.0 Å². The van der Waals surface area contributed by atoms with Gasteiger partial charge in [0, 0.05) is 12.6 Å². The Bertz CT molecular complexity index is 318. The van der Waals surface area contributed by atoms with Crippen LogP contribution in [0.3, 0.4) is 0 Å². The minimum absolute atomic E-state index is 0.291. The van der Waals surface area contributed by atoms with E-state index in [2.05, 4.69) is 31.7 Å². The van der Waals surface area contributed by atoms with Gasteiger partial charge in [0.2, 0.25) is 0 Å². The molecule has 1 aliphatic heterocycles. The predicted molar refractivity (Wildman–Crippen MR) is 79.7 cm³/mol. The molecule has 2 aliphatic rings. The molecule has 1 aliphatic carbocycles. The van der Waals surface area contributed by atoms with Gasteiger partial charge >= 0.3 is 0 Å². The fraction of sp³-hybridized carbons (Fsp3) is 0.941. The van der Waals surface area contributed by atoms with Crippen molar-refractivity contribution >= 4 is 0 Å². The summed E-state index contributed by atoms with van der Waals surface area (Å²) < 4.78 is 0. The van der Waals surface area contributed by atoms with Crippen molar-refractivity contribution in [2.24, 2.45) is 23.7 Å². The normalized spacial score (nSPS) is 36.6. The molecule has 2 fully saturated rings. The summed E-state index contributed by atoms with van der Waals surface area (Å²) in [4.78, 5) is 2.65. The van der Waals surface area contributed by atoms with Crippen molar-refractivity contribution in [1.29, 1.82) is 5.26 Å². The van der Waals surface area contributed by atoms with Gasteiger partial charge in [0.05, 0.1) is 12.0 Å². The zero-order valence-electron chi connectivity index (χ0n) is 12.9. The molecule has 4 atom stereocenters. The molecule has 0 bridgehead atoms. The summed E-state index contributed by atoms with van der Waals surface area (Å²) in [7, 11) is 0. The largest absolute Gasteiger partial charge is 0.299 e. The first-order chi connectivity index (χ1) is 9.15. The van der Waals surface area contributed by atoms with Gasteiger partial charge in [-0.3, -0.25) is 4.90 Å². The number of hydrogen-bond acceptors (Lipinski definition) is 2. The molecule has 0 aromatic rings. The molecule has 1 saturated carbocycles.